The molecule has 3 heterocycles. The van der Waals surface area contributed by atoms with E-state index in [9.17, 15) is 5.11 Å². The summed E-state index contributed by atoms with van der Waals surface area (Å²) >= 11 is 0. The molecule has 0 unspecified atom stereocenters. The van der Waals surface area contributed by atoms with Gasteiger partial charge in [0.15, 0.2) is 0 Å². The van der Waals surface area contributed by atoms with E-state index in [0.717, 1.165) is 33.4 Å². The zero-order valence-corrected chi connectivity index (χ0v) is 23.3. The highest BCUT2D eigenvalue weighted by atomic mass is 16.5. The fourth-order valence-corrected chi connectivity index (χ4v) is 5.52. The molecule has 3 aromatic carbocycles. The summed E-state index contributed by atoms with van der Waals surface area (Å²) in [5.41, 5.74) is 6.09. The molecular formula is C34H33N3O2. The van der Waals surface area contributed by atoms with Crippen molar-refractivity contribution in [3.63, 3.8) is 0 Å². The first kappa shape index (κ1) is 24.9. The van der Waals surface area contributed by atoms with E-state index in [0.29, 0.717) is 17.1 Å². The molecule has 6 aromatic rings. The Hall–Kier alpha value is -4.38. The van der Waals surface area contributed by atoms with E-state index in [1.165, 1.54) is 16.3 Å². The number of rotatable bonds is 4. The minimum absolute atomic E-state index is 0.0789. The molecule has 0 amide bonds. The largest absolute Gasteiger partial charge is 0.506 e. The second kappa shape index (κ2) is 9.12. The van der Waals surface area contributed by atoms with Gasteiger partial charge < -0.3 is 9.84 Å². The number of ether oxygens (including phenoxy) is 1. The highest BCUT2D eigenvalue weighted by Crippen LogP contribution is 2.41. The van der Waals surface area contributed by atoms with Crippen molar-refractivity contribution in [2.24, 2.45) is 0 Å². The molecule has 6 rings (SSSR count). The fraction of sp³-hybridized carbons (Fsp3) is 0.235. The summed E-state index contributed by atoms with van der Waals surface area (Å²) in [5, 5.41) is 14.0. The molecular weight excluding hydrogens is 482 g/mol. The molecule has 5 nitrogen and oxygen atoms in total. The summed E-state index contributed by atoms with van der Waals surface area (Å²) in [7, 11) is 0. The van der Waals surface area contributed by atoms with Gasteiger partial charge in [-0.2, -0.15) is 0 Å². The zero-order chi connectivity index (χ0) is 27.5. The van der Waals surface area contributed by atoms with Crippen molar-refractivity contribution < 1.29 is 9.84 Å². The Morgan fingerprint density at radius 2 is 1.67 bits per heavy atom. The number of aryl methyl sites for hydroxylation is 1. The Balaban J connectivity index is 1.56. The Labute approximate surface area is 228 Å². The van der Waals surface area contributed by atoms with Crippen molar-refractivity contribution in [2.75, 3.05) is 0 Å². The molecule has 1 N–H and O–H groups in total. The minimum atomic E-state index is -0.0789. The van der Waals surface area contributed by atoms with Crippen molar-refractivity contribution >= 4 is 32.7 Å². The Morgan fingerprint density at radius 1 is 0.872 bits per heavy atom. The van der Waals surface area contributed by atoms with Gasteiger partial charge in [0.2, 0.25) is 5.88 Å². The van der Waals surface area contributed by atoms with E-state index in [-0.39, 0.29) is 17.1 Å². The van der Waals surface area contributed by atoms with Gasteiger partial charge in [-0.25, -0.2) is 9.97 Å². The first-order valence-electron chi connectivity index (χ1n) is 13.4. The molecule has 5 heteroatoms. The predicted octanol–water partition coefficient (Wildman–Crippen LogP) is 8.95. The van der Waals surface area contributed by atoms with Crippen LogP contribution in [0.1, 0.15) is 57.2 Å². The Kier molecular flexibility index (Phi) is 5.83. The summed E-state index contributed by atoms with van der Waals surface area (Å²) < 4.78 is 8.63. The van der Waals surface area contributed by atoms with Crippen LogP contribution in [0.3, 0.4) is 0 Å². The highest BCUT2D eigenvalue weighted by molar-refractivity contribution is 6.11. The summed E-state index contributed by atoms with van der Waals surface area (Å²) in [6.45, 7) is 13.0. The fourth-order valence-electron chi connectivity index (χ4n) is 5.52. The van der Waals surface area contributed by atoms with Gasteiger partial charge in [-0.05, 0) is 71.3 Å². The first-order chi connectivity index (χ1) is 18.6. The van der Waals surface area contributed by atoms with Crippen molar-refractivity contribution in [1.29, 1.82) is 0 Å². The normalized spacial score (nSPS) is 12.2. The summed E-state index contributed by atoms with van der Waals surface area (Å²) in [5.74, 6) is 2.42. The van der Waals surface area contributed by atoms with E-state index in [2.05, 4.69) is 88.6 Å². The summed E-state index contributed by atoms with van der Waals surface area (Å²) in [6.07, 6.45) is 1.85. The van der Waals surface area contributed by atoms with Crippen molar-refractivity contribution in [3.8, 4) is 23.2 Å². The van der Waals surface area contributed by atoms with E-state index in [4.69, 9.17) is 14.7 Å². The van der Waals surface area contributed by atoms with Gasteiger partial charge in [-0.3, -0.25) is 4.57 Å². The van der Waals surface area contributed by atoms with Crippen LogP contribution in [0.15, 0.2) is 79.0 Å². The van der Waals surface area contributed by atoms with Gasteiger partial charge in [0.1, 0.15) is 22.8 Å². The number of fused-ring (bicyclic) bond motifs is 4. The number of pyridine rings is 2. The highest BCUT2D eigenvalue weighted by Gasteiger charge is 2.21. The molecule has 0 fully saturated rings. The molecule has 3 aromatic heterocycles. The molecule has 0 atom stereocenters. The number of phenolic OH excluding ortho intramolecular Hbond substituents is 1. The number of hydrogen-bond acceptors (Lipinski definition) is 4. The lowest BCUT2D eigenvalue weighted by atomic mass is 9.84. The molecule has 0 aliphatic rings. The molecule has 0 bridgehead atoms. The molecule has 196 valence electrons. The van der Waals surface area contributed by atoms with Crippen LogP contribution in [-0.4, -0.2) is 19.6 Å². The van der Waals surface area contributed by atoms with Crippen LogP contribution >= 0.6 is 0 Å². The van der Waals surface area contributed by atoms with Gasteiger partial charge >= 0.3 is 0 Å². The Morgan fingerprint density at radius 3 is 2.41 bits per heavy atom. The van der Waals surface area contributed by atoms with Crippen LogP contribution in [0.4, 0.5) is 0 Å². The SMILES string of the molecule is Cc1ccnc(-n2c3ccccc3c3c(C(C)C)cc(Oc4ccc5c(C(C)(C)C)ccc(O)c5n4)cc32)c1. The molecule has 0 spiro atoms. The quantitative estimate of drug-likeness (QED) is 0.254. The zero-order valence-electron chi connectivity index (χ0n) is 23.3. The molecule has 0 aliphatic heterocycles. The second-order valence-corrected chi connectivity index (χ2v) is 11.6. The first-order valence-corrected chi connectivity index (χ1v) is 13.4. The number of phenols is 1. The molecule has 39 heavy (non-hydrogen) atoms. The van der Waals surface area contributed by atoms with Crippen LogP contribution in [-0.2, 0) is 5.41 Å². The van der Waals surface area contributed by atoms with Gasteiger partial charge in [0.05, 0.1) is 11.0 Å². The van der Waals surface area contributed by atoms with Crippen LogP contribution in [0.25, 0.3) is 38.5 Å². The average molecular weight is 516 g/mol. The lowest BCUT2D eigenvalue weighted by molar-refractivity contribution is 0.459. The number of hydrogen-bond donors (Lipinski definition) is 1. The van der Waals surface area contributed by atoms with Crippen molar-refractivity contribution in [1.82, 2.24) is 14.5 Å². The third kappa shape index (κ3) is 4.28. The molecule has 0 saturated heterocycles. The second-order valence-electron chi connectivity index (χ2n) is 11.6. The number of aromatic hydroxyl groups is 1. The lowest BCUT2D eigenvalue weighted by Crippen LogP contribution is -2.11. The van der Waals surface area contributed by atoms with Crippen LogP contribution < -0.4 is 4.74 Å². The number of para-hydroxylation sites is 1. The maximum absolute atomic E-state index is 10.6. The summed E-state index contributed by atoms with van der Waals surface area (Å²) in [6, 6.07) is 24.3. The van der Waals surface area contributed by atoms with Gasteiger partial charge in [0, 0.05) is 34.5 Å². The van der Waals surface area contributed by atoms with Crippen molar-refractivity contribution in [2.45, 2.75) is 52.9 Å². The molecule has 0 aliphatic carbocycles. The minimum Gasteiger partial charge on any atom is -0.506 e. The van der Waals surface area contributed by atoms with E-state index >= 15 is 0 Å². The van der Waals surface area contributed by atoms with Gasteiger partial charge in [0.25, 0.3) is 0 Å². The monoisotopic (exact) mass is 515 g/mol. The third-order valence-electron chi connectivity index (χ3n) is 7.37. The lowest BCUT2D eigenvalue weighted by Gasteiger charge is -2.21. The van der Waals surface area contributed by atoms with Crippen LogP contribution in [0, 0.1) is 6.92 Å². The maximum Gasteiger partial charge on any atom is 0.219 e. The number of nitrogens with zero attached hydrogens (tertiary/aromatic N) is 3. The van der Waals surface area contributed by atoms with Gasteiger partial charge in [-0.15, -0.1) is 0 Å². The maximum atomic E-state index is 10.6. The predicted molar refractivity (Wildman–Crippen MR) is 160 cm³/mol. The number of benzene rings is 3. The average Bonchev–Trinajstić information content (AvgIpc) is 3.22. The number of aromatic nitrogens is 3. The van der Waals surface area contributed by atoms with E-state index in [1.807, 2.05) is 30.5 Å². The molecule has 0 saturated carbocycles. The Bertz CT molecular complexity index is 1880. The van der Waals surface area contributed by atoms with E-state index in [1.54, 1.807) is 6.07 Å². The van der Waals surface area contributed by atoms with Crippen LogP contribution in [0.5, 0.6) is 17.4 Å². The summed E-state index contributed by atoms with van der Waals surface area (Å²) in [4.78, 5) is 9.47. The topological polar surface area (TPSA) is 60.2 Å². The van der Waals surface area contributed by atoms with Crippen LogP contribution in [0.2, 0.25) is 0 Å². The third-order valence-corrected chi connectivity index (χ3v) is 7.37. The van der Waals surface area contributed by atoms with Crippen molar-refractivity contribution in [3.05, 3.63) is 95.7 Å². The standard InChI is InChI=1S/C34H33N3O2/c1-20(2)25-18-22(39-31-14-11-23-26(34(4,5)6)12-13-29(38)33(23)36-31)19-28-32(25)24-9-7-8-10-27(24)37(28)30-17-21(3)15-16-35-30/h7-20,38H,1-6H3. The smallest absolute Gasteiger partial charge is 0.219 e. The van der Waals surface area contributed by atoms with E-state index < -0.39 is 0 Å². The van der Waals surface area contributed by atoms with Gasteiger partial charge in [-0.1, -0.05) is 58.9 Å². The molecule has 0 radical (unpaired) electrons.